The first-order chi connectivity index (χ1) is 13.7. The molecule has 0 aliphatic carbocycles. The van der Waals surface area contributed by atoms with Crippen molar-refractivity contribution in [3.8, 4) is 17.6 Å². The van der Waals surface area contributed by atoms with Gasteiger partial charge in [-0.05, 0) is 36.4 Å². The van der Waals surface area contributed by atoms with Gasteiger partial charge in [0.1, 0.15) is 31.1 Å². The van der Waals surface area contributed by atoms with Crippen molar-refractivity contribution in [2.24, 2.45) is 0 Å². The highest BCUT2D eigenvalue weighted by molar-refractivity contribution is 6.03. The van der Waals surface area contributed by atoms with Crippen LogP contribution in [0.25, 0.3) is 0 Å². The van der Waals surface area contributed by atoms with Crippen LogP contribution < -0.4 is 20.1 Å². The predicted molar refractivity (Wildman–Crippen MR) is 102 cm³/mol. The minimum absolute atomic E-state index is 0.208. The molecule has 2 aromatic carbocycles. The molecule has 8 heteroatoms. The monoisotopic (exact) mass is 373 g/mol. The van der Waals surface area contributed by atoms with Gasteiger partial charge in [0.2, 0.25) is 0 Å². The van der Waals surface area contributed by atoms with Crippen LogP contribution in [0.2, 0.25) is 0 Å². The van der Waals surface area contributed by atoms with Crippen molar-refractivity contribution in [2.45, 2.75) is 0 Å². The third kappa shape index (κ3) is 3.83. The number of nitriles is 1. The van der Waals surface area contributed by atoms with E-state index in [-0.39, 0.29) is 11.6 Å². The largest absolute Gasteiger partial charge is 0.486 e. The average molecular weight is 373 g/mol. The Morgan fingerprint density at radius 2 is 1.71 bits per heavy atom. The number of nitrogens with one attached hydrogen (secondary N) is 2. The lowest BCUT2D eigenvalue weighted by atomic mass is 10.2. The molecule has 8 nitrogen and oxygen atoms in total. The summed E-state index contributed by atoms with van der Waals surface area (Å²) in [7, 11) is 0. The van der Waals surface area contributed by atoms with E-state index in [1.165, 1.54) is 6.33 Å². The molecular weight excluding hydrogens is 358 g/mol. The first-order valence-corrected chi connectivity index (χ1v) is 8.51. The Morgan fingerprint density at radius 1 is 0.964 bits per heavy atom. The molecule has 28 heavy (non-hydrogen) atoms. The zero-order chi connectivity index (χ0) is 19.3. The summed E-state index contributed by atoms with van der Waals surface area (Å²) in [4.78, 5) is 20.6. The standard InChI is InChI=1S/C20H15N5O3/c21-11-13-1-3-14(4-2-13)25-20(26)16-10-19(23-12-22-16)24-15-5-6-17-18(9-15)28-8-7-27-17/h1-6,9-10,12H,7-8H2,(H,25,26)(H,22,23,24). The van der Waals surface area contributed by atoms with Crippen LogP contribution in [-0.2, 0) is 0 Å². The predicted octanol–water partition coefficient (Wildman–Crippen LogP) is 3.12. The molecule has 0 fully saturated rings. The number of amides is 1. The normalized spacial score (nSPS) is 12.0. The minimum Gasteiger partial charge on any atom is -0.486 e. The number of benzene rings is 2. The van der Waals surface area contributed by atoms with Gasteiger partial charge in [-0.3, -0.25) is 4.79 Å². The molecule has 1 amide bonds. The summed E-state index contributed by atoms with van der Waals surface area (Å²) in [5.74, 6) is 1.44. The zero-order valence-corrected chi connectivity index (χ0v) is 14.7. The lowest BCUT2D eigenvalue weighted by Gasteiger charge is -2.19. The van der Waals surface area contributed by atoms with Crippen LogP contribution in [0.1, 0.15) is 16.1 Å². The molecule has 1 aromatic heterocycles. The highest BCUT2D eigenvalue weighted by atomic mass is 16.6. The number of hydrogen-bond acceptors (Lipinski definition) is 7. The van der Waals surface area contributed by atoms with Gasteiger partial charge in [0.15, 0.2) is 11.5 Å². The molecule has 0 spiro atoms. The van der Waals surface area contributed by atoms with Gasteiger partial charge in [-0.2, -0.15) is 5.26 Å². The molecular formula is C20H15N5O3. The molecule has 1 aliphatic heterocycles. The van der Waals surface area contributed by atoms with Crippen LogP contribution in [0, 0.1) is 11.3 Å². The van der Waals surface area contributed by atoms with Crippen molar-refractivity contribution in [2.75, 3.05) is 23.8 Å². The number of fused-ring (bicyclic) bond motifs is 1. The van der Waals surface area contributed by atoms with Crippen LogP contribution in [0.5, 0.6) is 11.5 Å². The summed E-state index contributed by atoms with van der Waals surface area (Å²) in [5.41, 5.74) is 2.05. The Kier molecular flexibility index (Phi) is 4.72. The quantitative estimate of drug-likeness (QED) is 0.723. The highest BCUT2D eigenvalue weighted by Crippen LogP contribution is 2.33. The molecule has 2 heterocycles. The molecule has 1 aliphatic rings. The van der Waals surface area contributed by atoms with Gasteiger partial charge < -0.3 is 20.1 Å². The van der Waals surface area contributed by atoms with E-state index >= 15 is 0 Å². The molecule has 0 saturated heterocycles. The smallest absolute Gasteiger partial charge is 0.274 e. The summed E-state index contributed by atoms with van der Waals surface area (Å²) in [6, 6.07) is 15.6. The molecule has 0 radical (unpaired) electrons. The van der Waals surface area contributed by atoms with E-state index in [1.807, 2.05) is 24.3 Å². The Hall–Kier alpha value is -4.12. The van der Waals surface area contributed by atoms with E-state index in [9.17, 15) is 4.79 Å². The van der Waals surface area contributed by atoms with Gasteiger partial charge in [-0.1, -0.05) is 0 Å². The van der Waals surface area contributed by atoms with E-state index in [0.717, 1.165) is 5.69 Å². The second-order valence-electron chi connectivity index (χ2n) is 5.92. The number of anilines is 3. The summed E-state index contributed by atoms with van der Waals surface area (Å²) in [5, 5.41) is 14.7. The molecule has 4 rings (SSSR count). The van der Waals surface area contributed by atoms with Gasteiger partial charge in [0.25, 0.3) is 5.91 Å². The minimum atomic E-state index is -0.377. The zero-order valence-electron chi connectivity index (χ0n) is 14.7. The number of nitrogens with zero attached hydrogens (tertiary/aromatic N) is 3. The van der Waals surface area contributed by atoms with Crippen molar-refractivity contribution in [3.05, 3.63) is 66.1 Å². The fourth-order valence-corrected chi connectivity index (χ4v) is 2.64. The maximum atomic E-state index is 12.4. The van der Waals surface area contributed by atoms with Gasteiger partial charge in [-0.25, -0.2) is 9.97 Å². The molecule has 0 atom stereocenters. The summed E-state index contributed by atoms with van der Waals surface area (Å²) in [6.45, 7) is 1.03. The van der Waals surface area contributed by atoms with E-state index in [1.54, 1.807) is 30.3 Å². The van der Waals surface area contributed by atoms with E-state index < -0.39 is 0 Å². The number of hydrogen-bond donors (Lipinski definition) is 2. The van der Waals surface area contributed by atoms with Crippen molar-refractivity contribution in [1.29, 1.82) is 5.26 Å². The van der Waals surface area contributed by atoms with Crippen LogP contribution in [-0.4, -0.2) is 29.1 Å². The number of rotatable bonds is 4. The third-order valence-electron chi connectivity index (χ3n) is 3.99. The Labute approximate surface area is 160 Å². The second kappa shape index (κ2) is 7.63. The number of ether oxygens (including phenoxy) is 2. The van der Waals surface area contributed by atoms with Gasteiger partial charge >= 0.3 is 0 Å². The van der Waals surface area contributed by atoms with Crippen molar-refractivity contribution in [1.82, 2.24) is 9.97 Å². The molecule has 2 N–H and O–H groups in total. The lowest BCUT2D eigenvalue weighted by Crippen LogP contribution is -2.15. The molecule has 3 aromatic rings. The van der Waals surface area contributed by atoms with E-state index in [4.69, 9.17) is 14.7 Å². The van der Waals surface area contributed by atoms with Crippen molar-refractivity contribution < 1.29 is 14.3 Å². The summed E-state index contributed by atoms with van der Waals surface area (Å²) >= 11 is 0. The first kappa shape index (κ1) is 17.3. The van der Waals surface area contributed by atoms with Crippen LogP contribution >= 0.6 is 0 Å². The molecule has 138 valence electrons. The summed E-state index contributed by atoms with van der Waals surface area (Å²) in [6.07, 6.45) is 1.31. The van der Waals surface area contributed by atoms with Crippen molar-refractivity contribution >= 4 is 23.1 Å². The van der Waals surface area contributed by atoms with Crippen LogP contribution in [0.15, 0.2) is 54.9 Å². The van der Waals surface area contributed by atoms with E-state index in [0.29, 0.717) is 41.8 Å². The maximum absolute atomic E-state index is 12.4. The first-order valence-electron chi connectivity index (χ1n) is 8.51. The fraction of sp³-hybridized carbons (Fsp3) is 0.100. The number of aromatic nitrogens is 2. The fourth-order valence-electron chi connectivity index (χ4n) is 2.64. The van der Waals surface area contributed by atoms with Gasteiger partial charge in [-0.15, -0.1) is 0 Å². The third-order valence-corrected chi connectivity index (χ3v) is 3.99. The van der Waals surface area contributed by atoms with Crippen LogP contribution in [0.4, 0.5) is 17.2 Å². The Balaban J connectivity index is 1.47. The van der Waals surface area contributed by atoms with E-state index in [2.05, 4.69) is 20.6 Å². The molecule has 0 saturated carbocycles. The van der Waals surface area contributed by atoms with Gasteiger partial charge in [0, 0.05) is 23.5 Å². The lowest BCUT2D eigenvalue weighted by molar-refractivity contribution is 0.102. The SMILES string of the molecule is N#Cc1ccc(NC(=O)c2cc(Nc3ccc4c(c3)OCCO4)ncn2)cc1. The molecule has 0 bridgehead atoms. The summed E-state index contributed by atoms with van der Waals surface area (Å²) < 4.78 is 11.1. The average Bonchev–Trinajstić information content (AvgIpc) is 2.74. The Bertz CT molecular complexity index is 1060. The van der Waals surface area contributed by atoms with Crippen molar-refractivity contribution in [3.63, 3.8) is 0 Å². The molecule has 0 unspecified atom stereocenters. The number of carbonyl (C=O) groups excluding carboxylic acids is 1. The second-order valence-corrected chi connectivity index (χ2v) is 5.92. The van der Waals surface area contributed by atoms with Gasteiger partial charge in [0.05, 0.1) is 11.6 Å². The maximum Gasteiger partial charge on any atom is 0.274 e. The van der Waals surface area contributed by atoms with Crippen LogP contribution in [0.3, 0.4) is 0 Å². The highest BCUT2D eigenvalue weighted by Gasteiger charge is 2.13. The number of carbonyl (C=O) groups is 1. The Morgan fingerprint density at radius 3 is 2.50 bits per heavy atom. The topological polar surface area (TPSA) is 109 Å².